The number of benzene rings is 1. The molecule has 0 heterocycles. The summed E-state index contributed by atoms with van der Waals surface area (Å²) in [4.78, 5) is 11.9. The first-order valence-electron chi connectivity index (χ1n) is 6.09. The number of hydrogen-bond acceptors (Lipinski definition) is 4. The number of carbonyl (C=O) groups is 1. The lowest BCUT2D eigenvalue weighted by molar-refractivity contribution is 0.0715. The lowest BCUT2D eigenvalue weighted by Crippen LogP contribution is -2.45. The molecule has 0 saturated heterocycles. The molecule has 2 rings (SSSR count). The summed E-state index contributed by atoms with van der Waals surface area (Å²) in [6, 6.07) is 3.94. The fraction of sp³-hybridized carbons (Fsp3) is 0.462. The number of aliphatic hydroxyl groups is 1. The first kappa shape index (κ1) is 12.7. The number of para-hydroxylation sites is 1. The van der Waals surface area contributed by atoms with E-state index in [-0.39, 0.29) is 17.4 Å². The van der Waals surface area contributed by atoms with Crippen molar-refractivity contribution in [3.8, 4) is 11.5 Å². The van der Waals surface area contributed by atoms with Crippen molar-refractivity contribution in [1.29, 1.82) is 0 Å². The van der Waals surface area contributed by atoms with Crippen LogP contribution < -0.4 is 5.32 Å². The summed E-state index contributed by atoms with van der Waals surface area (Å²) in [5.41, 5.74) is 0.0211. The third-order valence-corrected chi connectivity index (χ3v) is 3.31. The van der Waals surface area contributed by atoms with Gasteiger partial charge in [-0.2, -0.15) is 0 Å². The Morgan fingerprint density at radius 1 is 1.22 bits per heavy atom. The number of rotatable bonds is 2. The van der Waals surface area contributed by atoms with Crippen LogP contribution in [0.5, 0.6) is 11.5 Å². The Labute approximate surface area is 105 Å². The maximum absolute atomic E-state index is 11.9. The average molecular weight is 251 g/mol. The second-order valence-corrected chi connectivity index (χ2v) is 4.61. The normalized spacial score (nSPS) is 23.6. The van der Waals surface area contributed by atoms with Crippen LogP contribution in [0.2, 0.25) is 0 Å². The van der Waals surface area contributed by atoms with Crippen molar-refractivity contribution in [2.75, 3.05) is 0 Å². The fourth-order valence-electron chi connectivity index (χ4n) is 2.24. The molecule has 0 radical (unpaired) electrons. The molecule has 1 aliphatic rings. The van der Waals surface area contributed by atoms with Crippen LogP contribution >= 0.6 is 0 Å². The van der Waals surface area contributed by atoms with Crippen LogP contribution in [0.1, 0.15) is 36.0 Å². The summed E-state index contributed by atoms with van der Waals surface area (Å²) in [5, 5.41) is 31.4. The lowest BCUT2D eigenvalue weighted by atomic mass is 9.92. The molecule has 4 N–H and O–H groups in total. The van der Waals surface area contributed by atoms with E-state index in [2.05, 4.69) is 5.32 Å². The van der Waals surface area contributed by atoms with E-state index in [0.29, 0.717) is 6.42 Å². The molecule has 0 aromatic heterocycles. The predicted molar refractivity (Wildman–Crippen MR) is 65.5 cm³/mol. The number of phenolic OH excluding ortho intramolecular Hbond substituents is 2. The molecule has 5 nitrogen and oxygen atoms in total. The highest BCUT2D eigenvalue weighted by Crippen LogP contribution is 2.28. The molecule has 2 unspecified atom stereocenters. The van der Waals surface area contributed by atoms with Crippen LogP contribution in [-0.2, 0) is 0 Å². The van der Waals surface area contributed by atoms with Crippen LogP contribution in [0, 0.1) is 0 Å². The van der Waals surface area contributed by atoms with Gasteiger partial charge in [0.25, 0.3) is 5.91 Å². The Hall–Kier alpha value is -1.75. The number of phenols is 2. The molecular weight excluding hydrogens is 234 g/mol. The molecule has 1 aliphatic carbocycles. The van der Waals surface area contributed by atoms with Gasteiger partial charge in [0.2, 0.25) is 0 Å². The van der Waals surface area contributed by atoms with Crippen molar-refractivity contribution in [3.05, 3.63) is 23.8 Å². The van der Waals surface area contributed by atoms with Crippen molar-refractivity contribution in [2.24, 2.45) is 0 Å². The second kappa shape index (κ2) is 5.27. The summed E-state index contributed by atoms with van der Waals surface area (Å²) in [7, 11) is 0. The molecule has 1 aromatic rings. The molecule has 98 valence electrons. The maximum atomic E-state index is 11.9. The standard InChI is InChI=1S/C13H17NO4/c15-10-6-2-1-5-9(10)14-13(18)8-4-3-7-11(16)12(8)17/h3-4,7,9-10,15-17H,1-2,5-6H2,(H,14,18). The molecule has 0 spiro atoms. The molecular formula is C13H17NO4. The van der Waals surface area contributed by atoms with Gasteiger partial charge in [0.1, 0.15) is 0 Å². The largest absolute Gasteiger partial charge is 0.504 e. The van der Waals surface area contributed by atoms with Crippen molar-refractivity contribution >= 4 is 5.91 Å². The zero-order valence-electron chi connectivity index (χ0n) is 9.97. The molecule has 1 amide bonds. The third kappa shape index (κ3) is 2.56. The number of nitrogens with one attached hydrogen (secondary N) is 1. The molecule has 1 aromatic carbocycles. The number of aliphatic hydroxyl groups excluding tert-OH is 1. The van der Waals surface area contributed by atoms with E-state index in [4.69, 9.17) is 0 Å². The topological polar surface area (TPSA) is 89.8 Å². The predicted octanol–water partition coefficient (Wildman–Crippen LogP) is 1.13. The first-order valence-corrected chi connectivity index (χ1v) is 6.09. The third-order valence-electron chi connectivity index (χ3n) is 3.31. The van der Waals surface area contributed by atoms with Gasteiger partial charge < -0.3 is 20.6 Å². The highest BCUT2D eigenvalue weighted by atomic mass is 16.3. The van der Waals surface area contributed by atoms with Gasteiger partial charge in [-0.3, -0.25) is 4.79 Å². The first-order chi connectivity index (χ1) is 8.59. The SMILES string of the molecule is O=C(NC1CCCCC1O)c1cccc(O)c1O. The molecule has 18 heavy (non-hydrogen) atoms. The van der Waals surface area contributed by atoms with Gasteiger partial charge in [-0.15, -0.1) is 0 Å². The van der Waals surface area contributed by atoms with Crippen molar-refractivity contribution in [2.45, 2.75) is 37.8 Å². The minimum absolute atomic E-state index is 0.0211. The Kier molecular flexibility index (Phi) is 3.72. The molecule has 0 bridgehead atoms. The van der Waals surface area contributed by atoms with Crippen LogP contribution in [0.3, 0.4) is 0 Å². The Bertz CT molecular complexity index is 447. The fourth-order valence-corrected chi connectivity index (χ4v) is 2.24. The van der Waals surface area contributed by atoms with Crippen molar-refractivity contribution < 1.29 is 20.1 Å². The summed E-state index contributed by atoms with van der Waals surface area (Å²) < 4.78 is 0. The summed E-state index contributed by atoms with van der Waals surface area (Å²) >= 11 is 0. The number of amides is 1. The highest BCUT2D eigenvalue weighted by Gasteiger charge is 2.25. The zero-order valence-corrected chi connectivity index (χ0v) is 9.97. The van der Waals surface area contributed by atoms with E-state index in [1.807, 2.05) is 0 Å². The maximum Gasteiger partial charge on any atom is 0.255 e. The number of hydrogen-bond donors (Lipinski definition) is 4. The summed E-state index contributed by atoms with van der Waals surface area (Å²) in [5.74, 6) is -1.23. The van der Waals surface area contributed by atoms with E-state index in [0.717, 1.165) is 19.3 Å². The van der Waals surface area contributed by atoms with E-state index in [1.54, 1.807) is 0 Å². The van der Waals surface area contributed by atoms with Crippen molar-refractivity contribution in [1.82, 2.24) is 5.32 Å². The van der Waals surface area contributed by atoms with Gasteiger partial charge in [0, 0.05) is 0 Å². The number of aromatic hydroxyl groups is 2. The highest BCUT2D eigenvalue weighted by molar-refractivity contribution is 5.97. The van der Waals surface area contributed by atoms with Gasteiger partial charge in [-0.05, 0) is 25.0 Å². The van der Waals surface area contributed by atoms with Crippen LogP contribution in [0.4, 0.5) is 0 Å². The summed E-state index contributed by atoms with van der Waals surface area (Å²) in [6.45, 7) is 0. The van der Waals surface area contributed by atoms with Crippen LogP contribution in [0.25, 0.3) is 0 Å². The van der Waals surface area contributed by atoms with E-state index in [1.165, 1.54) is 18.2 Å². The van der Waals surface area contributed by atoms with Gasteiger partial charge in [-0.25, -0.2) is 0 Å². The van der Waals surface area contributed by atoms with E-state index >= 15 is 0 Å². The molecule has 2 atom stereocenters. The minimum atomic E-state index is -0.540. The van der Waals surface area contributed by atoms with Crippen molar-refractivity contribution in [3.63, 3.8) is 0 Å². The van der Waals surface area contributed by atoms with Gasteiger partial charge in [-0.1, -0.05) is 18.9 Å². The van der Waals surface area contributed by atoms with Crippen LogP contribution in [-0.4, -0.2) is 33.4 Å². The van der Waals surface area contributed by atoms with Gasteiger partial charge in [0.05, 0.1) is 17.7 Å². The lowest BCUT2D eigenvalue weighted by Gasteiger charge is -2.28. The quantitative estimate of drug-likeness (QED) is 0.593. The Morgan fingerprint density at radius 2 is 1.94 bits per heavy atom. The number of carbonyl (C=O) groups excluding carboxylic acids is 1. The average Bonchev–Trinajstić information content (AvgIpc) is 2.35. The second-order valence-electron chi connectivity index (χ2n) is 4.61. The van der Waals surface area contributed by atoms with Gasteiger partial charge in [0.15, 0.2) is 11.5 Å². The summed E-state index contributed by atoms with van der Waals surface area (Å²) in [6.07, 6.45) is 2.80. The smallest absolute Gasteiger partial charge is 0.255 e. The molecule has 1 fully saturated rings. The minimum Gasteiger partial charge on any atom is -0.504 e. The Morgan fingerprint density at radius 3 is 2.67 bits per heavy atom. The molecule has 5 heteroatoms. The monoisotopic (exact) mass is 251 g/mol. The van der Waals surface area contributed by atoms with E-state index < -0.39 is 17.8 Å². The molecule has 1 saturated carbocycles. The van der Waals surface area contributed by atoms with E-state index in [9.17, 15) is 20.1 Å². The molecule has 0 aliphatic heterocycles. The zero-order chi connectivity index (χ0) is 13.1. The Balaban J connectivity index is 2.09. The van der Waals surface area contributed by atoms with Gasteiger partial charge >= 0.3 is 0 Å². The van der Waals surface area contributed by atoms with Crippen LogP contribution in [0.15, 0.2) is 18.2 Å².